The van der Waals surface area contributed by atoms with Crippen LogP contribution in [0.5, 0.6) is 0 Å². The molecule has 1 aliphatic heterocycles. The average molecular weight is 296 g/mol. The summed E-state index contributed by atoms with van der Waals surface area (Å²) in [5.74, 6) is -0.134. The van der Waals surface area contributed by atoms with E-state index in [0.717, 1.165) is 30.6 Å². The van der Waals surface area contributed by atoms with Gasteiger partial charge in [0, 0.05) is 19.0 Å². The van der Waals surface area contributed by atoms with Gasteiger partial charge in [-0.05, 0) is 26.7 Å². The van der Waals surface area contributed by atoms with Gasteiger partial charge in [0.1, 0.15) is 0 Å². The lowest BCUT2D eigenvalue weighted by Gasteiger charge is -2.43. The summed E-state index contributed by atoms with van der Waals surface area (Å²) in [4.78, 5) is 38.9. The minimum atomic E-state index is -0.749. The Balaban J connectivity index is 2.13. The molecule has 2 rings (SSSR count). The summed E-state index contributed by atoms with van der Waals surface area (Å²) in [6, 6.07) is -1.07. The molecule has 21 heavy (non-hydrogen) atoms. The van der Waals surface area contributed by atoms with Gasteiger partial charge in [-0.3, -0.25) is 15.4 Å². The van der Waals surface area contributed by atoms with Crippen molar-refractivity contribution in [3.63, 3.8) is 0 Å². The number of urea groups is 2. The van der Waals surface area contributed by atoms with Gasteiger partial charge in [-0.1, -0.05) is 19.3 Å². The lowest BCUT2D eigenvalue weighted by atomic mass is 9.94. The van der Waals surface area contributed by atoms with Crippen molar-refractivity contribution in [3.05, 3.63) is 0 Å². The van der Waals surface area contributed by atoms with Gasteiger partial charge in [0.2, 0.25) is 5.91 Å². The van der Waals surface area contributed by atoms with Crippen LogP contribution in [0.15, 0.2) is 0 Å². The standard InChI is InChI=1S/C14H24N4O3/c1-9(2)17-13(20)15-12(16-14(17)21)18(10(3)19)11-7-5-4-6-8-11/h9,11-12H,4-8H2,1-3H3,(H,15,20)(H,16,21). The van der Waals surface area contributed by atoms with E-state index in [1.165, 1.54) is 13.3 Å². The molecule has 2 aliphatic rings. The monoisotopic (exact) mass is 296 g/mol. The molecule has 0 unspecified atom stereocenters. The summed E-state index contributed by atoms with van der Waals surface area (Å²) in [6.45, 7) is 5.01. The van der Waals surface area contributed by atoms with Crippen LogP contribution < -0.4 is 10.6 Å². The van der Waals surface area contributed by atoms with Gasteiger partial charge >= 0.3 is 12.1 Å². The fraction of sp³-hybridized carbons (Fsp3) is 0.786. The van der Waals surface area contributed by atoms with Crippen molar-refractivity contribution < 1.29 is 14.4 Å². The molecule has 2 N–H and O–H groups in total. The van der Waals surface area contributed by atoms with Gasteiger partial charge in [-0.2, -0.15) is 0 Å². The van der Waals surface area contributed by atoms with Crippen LogP contribution in [0.4, 0.5) is 9.59 Å². The van der Waals surface area contributed by atoms with Gasteiger partial charge in [-0.15, -0.1) is 0 Å². The van der Waals surface area contributed by atoms with Crippen LogP contribution in [0.1, 0.15) is 52.9 Å². The number of carbonyl (C=O) groups is 3. The second kappa shape index (κ2) is 6.32. The Labute approximate surface area is 125 Å². The zero-order valence-electron chi connectivity index (χ0n) is 12.9. The fourth-order valence-corrected chi connectivity index (χ4v) is 3.12. The van der Waals surface area contributed by atoms with Crippen LogP contribution in [0.2, 0.25) is 0 Å². The molecule has 0 aromatic heterocycles. The van der Waals surface area contributed by atoms with Gasteiger partial charge < -0.3 is 4.90 Å². The number of imide groups is 1. The lowest BCUT2D eigenvalue weighted by Crippen LogP contribution is -2.71. The van der Waals surface area contributed by atoms with Crippen LogP contribution >= 0.6 is 0 Å². The van der Waals surface area contributed by atoms with Crippen molar-refractivity contribution in [2.24, 2.45) is 0 Å². The van der Waals surface area contributed by atoms with E-state index in [0.29, 0.717) is 0 Å². The van der Waals surface area contributed by atoms with Crippen molar-refractivity contribution in [1.29, 1.82) is 0 Å². The van der Waals surface area contributed by atoms with E-state index >= 15 is 0 Å². The molecule has 1 aliphatic carbocycles. The maximum absolute atomic E-state index is 12.1. The van der Waals surface area contributed by atoms with Crippen molar-refractivity contribution in [3.8, 4) is 0 Å². The average Bonchev–Trinajstić information content (AvgIpc) is 2.38. The van der Waals surface area contributed by atoms with Gasteiger partial charge in [0.25, 0.3) is 0 Å². The predicted octanol–water partition coefficient (Wildman–Crippen LogP) is 1.59. The number of rotatable bonds is 3. The van der Waals surface area contributed by atoms with Gasteiger partial charge in [-0.25, -0.2) is 14.5 Å². The molecule has 0 radical (unpaired) electrons. The lowest BCUT2D eigenvalue weighted by molar-refractivity contribution is -0.136. The molecule has 0 spiro atoms. The smallest absolute Gasteiger partial charge is 0.302 e. The number of nitrogens with zero attached hydrogens (tertiary/aromatic N) is 2. The maximum Gasteiger partial charge on any atom is 0.328 e. The third-order valence-electron chi connectivity index (χ3n) is 4.08. The largest absolute Gasteiger partial charge is 0.328 e. The number of amides is 5. The topological polar surface area (TPSA) is 81.8 Å². The Morgan fingerprint density at radius 1 is 1.14 bits per heavy atom. The first kappa shape index (κ1) is 15.6. The first-order chi connectivity index (χ1) is 9.91. The molecule has 5 amide bonds. The molecule has 0 aromatic rings. The third kappa shape index (κ3) is 3.28. The Kier molecular flexibility index (Phi) is 4.69. The summed E-state index contributed by atoms with van der Waals surface area (Å²) < 4.78 is 0. The predicted molar refractivity (Wildman–Crippen MR) is 77.2 cm³/mol. The maximum atomic E-state index is 12.1. The molecule has 1 saturated carbocycles. The molecule has 7 nitrogen and oxygen atoms in total. The summed E-state index contributed by atoms with van der Waals surface area (Å²) >= 11 is 0. The normalized spacial score (nSPS) is 21.2. The first-order valence-corrected chi connectivity index (χ1v) is 7.61. The minimum Gasteiger partial charge on any atom is -0.302 e. The molecular formula is C14H24N4O3. The second-order valence-electron chi connectivity index (χ2n) is 5.98. The van der Waals surface area contributed by atoms with E-state index in [-0.39, 0.29) is 18.0 Å². The zero-order chi connectivity index (χ0) is 15.6. The van der Waals surface area contributed by atoms with Crippen molar-refractivity contribution in [1.82, 2.24) is 20.4 Å². The zero-order valence-corrected chi connectivity index (χ0v) is 12.9. The van der Waals surface area contributed by atoms with E-state index in [1.807, 2.05) is 0 Å². The summed E-state index contributed by atoms with van der Waals surface area (Å²) in [5, 5.41) is 5.43. The molecule has 0 aromatic carbocycles. The number of carbonyl (C=O) groups excluding carboxylic acids is 3. The highest BCUT2D eigenvalue weighted by atomic mass is 16.2. The SMILES string of the molecule is CC(=O)N(C1CCCCC1)C1NC(=O)N(C(C)C)C(=O)N1. The fourth-order valence-electron chi connectivity index (χ4n) is 3.12. The van der Waals surface area contributed by atoms with E-state index in [1.54, 1.807) is 18.7 Å². The number of nitrogens with one attached hydrogen (secondary N) is 2. The van der Waals surface area contributed by atoms with Crippen LogP contribution in [0.3, 0.4) is 0 Å². The molecule has 2 fully saturated rings. The second-order valence-corrected chi connectivity index (χ2v) is 5.98. The Morgan fingerprint density at radius 3 is 2.10 bits per heavy atom. The molecule has 7 heteroatoms. The third-order valence-corrected chi connectivity index (χ3v) is 4.08. The Morgan fingerprint density at radius 2 is 1.67 bits per heavy atom. The van der Waals surface area contributed by atoms with Crippen LogP contribution in [0, 0.1) is 0 Å². The molecular weight excluding hydrogens is 272 g/mol. The Bertz CT molecular complexity index is 414. The van der Waals surface area contributed by atoms with Gasteiger partial charge in [0.15, 0.2) is 6.29 Å². The summed E-state index contributed by atoms with van der Waals surface area (Å²) in [6.07, 6.45) is 4.39. The summed E-state index contributed by atoms with van der Waals surface area (Å²) in [5.41, 5.74) is 0. The number of hydrogen-bond acceptors (Lipinski definition) is 3. The van der Waals surface area contributed by atoms with E-state index < -0.39 is 18.4 Å². The van der Waals surface area contributed by atoms with E-state index in [2.05, 4.69) is 10.6 Å². The highest BCUT2D eigenvalue weighted by molar-refractivity contribution is 5.96. The van der Waals surface area contributed by atoms with Crippen molar-refractivity contribution in [2.45, 2.75) is 71.2 Å². The highest BCUT2D eigenvalue weighted by Gasteiger charge is 2.39. The molecule has 1 heterocycles. The minimum absolute atomic E-state index is 0.0763. The van der Waals surface area contributed by atoms with Crippen molar-refractivity contribution >= 4 is 18.0 Å². The molecule has 0 bridgehead atoms. The first-order valence-electron chi connectivity index (χ1n) is 7.61. The van der Waals surface area contributed by atoms with E-state index in [4.69, 9.17) is 0 Å². The molecule has 118 valence electrons. The van der Waals surface area contributed by atoms with Gasteiger partial charge in [0.05, 0.1) is 0 Å². The van der Waals surface area contributed by atoms with Crippen LogP contribution in [-0.2, 0) is 4.79 Å². The van der Waals surface area contributed by atoms with E-state index in [9.17, 15) is 14.4 Å². The van der Waals surface area contributed by atoms with Crippen molar-refractivity contribution in [2.75, 3.05) is 0 Å². The Hall–Kier alpha value is -1.79. The van der Waals surface area contributed by atoms with Crippen LogP contribution in [0.25, 0.3) is 0 Å². The quantitative estimate of drug-likeness (QED) is 0.830. The summed E-state index contributed by atoms with van der Waals surface area (Å²) in [7, 11) is 0. The molecule has 0 atom stereocenters. The highest BCUT2D eigenvalue weighted by Crippen LogP contribution is 2.24. The number of hydrogen-bond donors (Lipinski definition) is 2. The molecule has 1 saturated heterocycles. The van der Waals surface area contributed by atoms with Crippen LogP contribution in [-0.4, -0.2) is 46.1 Å².